The van der Waals surface area contributed by atoms with E-state index in [0.717, 1.165) is 23.0 Å². The predicted molar refractivity (Wildman–Crippen MR) is 102 cm³/mol. The Balaban J connectivity index is 1.67. The van der Waals surface area contributed by atoms with E-state index in [0.29, 0.717) is 18.7 Å². The summed E-state index contributed by atoms with van der Waals surface area (Å²) in [4.78, 5) is 30.4. The van der Waals surface area contributed by atoms with Gasteiger partial charge < -0.3 is 10.0 Å². The molecule has 3 heterocycles. The lowest BCUT2D eigenvalue weighted by atomic mass is 9.92. The van der Waals surface area contributed by atoms with E-state index in [1.807, 2.05) is 37.3 Å². The number of carbonyl (C=O) groups is 2. The number of pyridine rings is 1. The number of piperidine rings is 1. The van der Waals surface area contributed by atoms with Crippen LogP contribution in [0.15, 0.2) is 36.5 Å². The van der Waals surface area contributed by atoms with Gasteiger partial charge in [0.1, 0.15) is 6.04 Å². The minimum absolute atomic E-state index is 0.187. The minimum atomic E-state index is -0.980. The van der Waals surface area contributed by atoms with Gasteiger partial charge in [-0.25, -0.2) is 9.48 Å². The van der Waals surface area contributed by atoms with Gasteiger partial charge in [-0.2, -0.15) is 0 Å². The summed E-state index contributed by atoms with van der Waals surface area (Å²) in [5, 5.41) is 18.7. The molecule has 28 heavy (non-hydrogen) atoms. The van der Waals surface area contributed by atoms with Crippen molar-refractivity contribution in [2.24, 2.45) is 5.92 Å². The summed E-state index contributed by atoms with van der Waals surface area (Å²) in [5.41, 5.74) is 2.40. The van der Waals surface area contributed by atoms with Crippen LogP contribution in [0.5, 0.6) is 0 Å². The molecule has 1 aromatic carbocycles. The first-order chi connectivity index (χ1) is 13.5. The molecule has 8 heteroatoms. The third-order valence-electron chi connectivity index (χ3n) is 5.34. The first-order valence-electron chi connectivity index (χ1n) is 9.27. The molecule has 144 valence electrons. The zero-order valence-corrected chi connectivity index (χ0v) is 15.7. The van der Waals surface area contributed by atoms with Crippen LogP contribution in [0.25, 0.3) is 16.6 Å². The average molecular weight is 379 g/mol. The maximum Gasteiger partial charge on any atom is 0.326 e. The van der Waals surface area contributed by atoms with Crippen molar-refractivity contribution in [2.45, 2.75) is 32.7 Å². The first kappa shape index (κ1) is 18.1. The van der Waals surface area contributed by atoms with Crippen molar-refractivity contribution in [3.8, 4) is 5.69 Å². The van der Waals surface area contributed by atoms with Gasteiger partial charge in [-0.1, -0.05) is 18.2 Å². The molecule has 2 aromatic heterocycles. The second kappa shape index (κ2) is 7.03. The van der Waals surface area contributed by atoms with E-state index in [9.17, 15) is 14.7 Å². The molecule has 1 fully saturated rings. The number of fused-ring (bicyclic) bond motifs is 1. The number of aliphatic carboxylic acids is 1. The van der Waals surface area contributed by atoms with Crippen LogP contribution in [0.2, 0.25) is 0 Å². The zero-order valence-electron chi connectivity index (χ0n) is 15.7. The Kier molecular flexibility index (Phi) is 4.54. The highest BCUT2D eigenvalue weighted by Crippen LogP contribution is 2.25. The monoisotopic (exact) mass is 379 g/mol. The Bertz CT molecular complexity index is 1060. The van der Waals surface area contributed by atoms with Gasteiger partial charge in [0.15, 0.2) is 5.69 Å². The first-order valence-corrected chi connectivity index (χ1v) is 9.27. The number of hydrogen-bond acceptors (Lipinski definition) is 5. The van der Waals surface area contributed by atoms with Crippen LogP contribution in [0.4, 0.5) is 0 Å². The number of carboxylic acids is 1. The molecule has 0 saturated carbocycles. The molecule has 0 radical (unpaired) electrons. The molecule has 2 atom stereocenters. The third-order valence-corrected chi connectivity index (χ3v) is 5.34. The van der Waals surface area contributed by atoms with Crippen molar-refractivity contribution in [3.05, 3.63) is 47.9 Å². The zero-order chi connectivity index (χ0) is 19.8. The van der Waals surface area contributed by atoms with Gasteiger partial charge in [0.05, 0.1) is 16.9 Å². The third kappa shape index (κ3) is 3.11. The van der Waals surface area contributed by atoms with Crippen molar-refractivity contribution < 1.29 is 14.7 Å². The van der Waals surface area contributed by atoms with Gasteiger partial charge in [-0.15, -0.1) is 5.10 Å². The molecule has 1 aliphatic rings. The molecule has 8 nitrogen and oxygen atoms in total. The van der Waals surface area contributed by atoms with Crippen LogP contribution in [0.1, 0.15) is 35.9 Å². The van der Waals surface area contributed by atoms with Gasteiger partial charge in [-0.05, 0) is 49.9 Å². The molecule has 0 spiro atoms. The summed E-state index contributed by atoms with van der Waals surface area (Å²) in [6, 6.07) is 8.68. The number of aromatic nitrogens is 4. The second-order valence-corrected chi connectivity index (χ2v) is 7.30. The molecule has 0 bridgehead atoms. The fourth-order valence-electron chi connectivity index (χ4n) is 3.72. The van der Waals surface area contributed by atoms with E-state index in [2.05, 4.69) is 15.3 Å². The number of benzene rings is 1. The lowest BCUT2D eigenvalue weighted by molar-refractivity contribution is -0.144. The number of carboxylic acid groups (broad SMARTS) is 1. The maximum absolute atomic E-state index is 13.0. The fraction of sp³-hybridized carbons (Fsp3) is 0.350. The van der Waals surface area contributed by atoms with Crippen molar-refractivity contribution >= 4 is 22.8 Å². The largest absolute Gasteiger partial charge is 0.480 e. The van der Waals surface area contributed by atoms with Crippen molar-refractivity contribution in [1.82, 2.24) is 24.9 Å². The molecule has 3 aromatic rings. The fourth-order valence-corrected chi connectivity index (χ4v) is 3.72. The highest BCUT2D eigenvalue weighted by Gasteiger charge is 2.37. The highest BCUT2D eigenvalue weighted by molar-refractivity contribution is 5.96. The predicted octanol–water partition coefficient (Wildman–Crippen LogP) is 2.45. The molecule has 1 saturated heterocycles. The van der Waals surface area contributed by atoms with Crippen molar-refractivity contribution in [2.75, 3.05) is 6.54 Å². The number of nitrogens with zero attached hydrogens (tertiary/aromatic N) is 5. The quantitative estimate of drug-likeness (QED) is 0.750. The normalized spacial score (nSPS) is 19.7. The summed E-state index contributed by atoms with van der Waals surface area (Å²) < 4.78 is 1.60. The standard InChI is InChI=1S/C20H21N5O3/c1-12-7-9-24(17(10-12)20(27)28)19(26)18-13(2)25(23-22-18)15-5-6-16-14(11-15)4-3-8-21-16/h3-6,8,11-12,17H,7,9-10H2,1-2H3,(H,27,28)/t12-,17+/m0/s1. The number of rotatable bonds is 3. The summed E-state index contributed by atoms with van der Waals surface area (Å²) in [5.74, 6) is -1.09. The highest BCUT2D eigenvalue weighted by atomic mass is 16.4. The van der Waals surface area contributed by atoms with Crippen LogP contribution >= 0.6 is 0 Å². The average Bonchev–Trinajstić information content (AvgIpc) is 3.08. The van der Waals surface area contributed by atoms with Crippen LogP contribution in [-0.4, -0.2) is 54.4 Å². The summed E-state index contributed by atoms with van der Waals surface area (Å²) in [6.07, 6.45) is 2.96. The van der Waals surface area contributed by atoms with E-state index in [-0.39, 0.29) is 17.5 Å². The number of likely N-dealkylation sites (tertiary alicyclic amines) is 1. The summed E-state index contributed by atoms with van der Waals surface area (Å²) in [7, 11) is 0. The van der Waals surface area contributed by atoms with Crippen molar-refractivity contribution in [1.29, 1.82) is 0 Å². The SMILES string of the molecule is Cc1c(C(=O)N2CC[C@H](C)C[C@@H]2C(=O)O)nnn1-c1ccc2ncccc2c1. The lowest BCUT2D eigenvalue weighted by Crippen LogP contribution is -2.50. The molecular weight excluding hydrogens is 358 g/mol. The van der Waals surface area contributed by atoms with Crippen molar-refractivity contribution in [3.63, 3.8) is 0 Å². The van der Waals surface area contributed by atoms with E-state index >= 15 is 0 Å². The number of hydrogen-bond donors (Lipinski definition) is 1. The Morgan fingerprint density at radius 2 is 2.07 bits per heavy atom. The van der Waals surface area contributed by atoms with Gasteiger partial charge in [-0.3, -0.25) is 9.78 Å². The second-order valence-electron chi connectivity index (χ2n) is 7.30. The Morgan fingerprint density at radius 1 is 1.25 bits per heavy atom. The van der Waals surface area contributed by atoms with E-state index < -0.39 is 12.0 Å². The smallest absolute Gasteiger partial charge is 0.326 e. The van der Waals surface area contributed by atoms with E-state index in [4.69, 9.17) is 0 Å². The Labute approximate surface area is 161 Å². The minimum Gasteiger partial charge on any atom is -0.480 e. The molecule has 4 rings (SSSR count). The van der Waals surface area contributed by atoms with E-state index in [1.165, 1.54) is 4.90 Å². The molecule has 0 aliphatic carbocycles. The summed E-state index contributed by atoms with van der Waals surface area (Å²) in [6.45, 7) is 4.18. The molecule has 1 aliphatic heterocycles. The number of carbonyl (C=O) groups excluding carboxylic acids is 1. The van der Waals surface area contributed by atoms with Crippen LogP contribution in [-0.2, 0) is 4.79 Å². The van der Waals surface area contributed by atoms with Gasteiger partial charge in [0, 0.05) is 18.1 Å². The molecule has 0 unspecified atom stereocenters. The van der Waals surface area contributed by atoms with E-state index in [1.54, 1.807) is 17.8 Å². The Morgan fingerprint density at radius 3 is 2.86 bits per heavy atom. The lowest BCUT2D eigenvalue weighted by Gasteiger charge is -2.35. The van der Waals surface area contributed by atoms with Gasteiger partial charge in [0.25, 0.3) is 5.91 Å². The van der Waals surface area contributed by atoms with Gasteiger partial charge >= 0.3 is 5.97 Å². The molecule has 1 N–H and O–H groups in total. The number of amides is 1. The molecular formula is C20H21N5O3. The van der Waals surface area contributed by atoms with Gasteiger partial charge in [0.2, 0.25) is 0 Å². The van der Waals surface area contributed by atoms with Crippen LogP contribution in [0, 0.1) is 12.8 Å². The van der Waals surface area contributed by atoms with Crippen LogP contribution in [0.3, 0.4) is 0 Å². The molecule has 1 amide bonds. The van der Waals surface area contributed by atoms with Crippen LogP contribution < -0.4 is 0 Å². The Hall–Kier alpha value is -3.29. The summed E-state index contributed by atoms with van der Waals surface area (Å²) >= 11 is 0. The maximum atomic E-state index is 13.0. The topological polar surface area (TPSA) is 101 Å².